The highest BCUT2D eigenvalue weighted by atomic mass is 31.1. The number of methoxy groups -OCH3 is 1. The van der Waals surface area contributed by atoms with Gasteiger partial charge in [-0.2, -0.15) is 13.2 Å². The van der Waals surface area contributed by atoms with Crippen LogP contribution in [0.4, 0.5) is 18.0 Å². The van der Waals surface area contributed by atoms with Crippen molar-refractivity contribution in [2.75, 3.05) is 13.7 Å². The molecule has 15 heavy (non-hydrogen) atoms. The average molecular weight is 249 g/mol. The molecular formula is C6H9F3O5P+. The Morgan fingerprint density at radius 3 is 2.33 bits per heavy atom. The molecule has 0 saturated carbocycles. The molecule has 0 N–H and O–H groups in total. The van der Waals surface area contributed by atoms with Gasteiger partial charge >= 0.3 is 26.2 Å². The van der Waals surface area contributed by atoms with E-state index in [0.717, 1.165) is 7.11 Å². The molecule has 0 aliphatic rings. The van der Waals surface area contributed by atoms with Crippen LogP contribution < -0.4 is 0 Å². The van der Waals surface area contributed by atoms with Crippen molar-refractivity contribution in [3.8, 4) is 0 Å². The van der Waals surface area contributed by atoms with E-state index >= 15 is 0 Å². The molecule has 0 amide bonds. The number of alkyl halides is 3. The van der Waals surface area contributed by atoms with Gasteiger partial charge in [0.05, 0.1) is 13.7 Å². The fraction of sp³-hybridized carbons (Fsp3) is 0.833. The maximum atomic E-state index is 12.2. The Balaban J connectivity index is 4.59. The molecule has 0 aromatic carbocycles. The summed E-state index contributed by atoms with van der Waals surface area (Å²) in [7, 11) is -2.33. The van der Waals surface area contributed by atoms with Crippen LogP contribution in [0, 0.1) is 0 Å². The highest BCUT2D eigenvalue weighted by molar-refractivity contribution is 7.39. The van der Waals surface area contributed by atoms with Gasteiger partial charge in [-0.3, -0.25) is 0 Å². The van der Waals surface area contributed by atoms with Crippen LogP contribution in [0.3, 0.4) is 0 Å². The van der Waals surface area contributed by atoms with E-state index in [2.05, 4.69) is 14.0 Å². The highest BCUT2D eigenvalue weighted by Gasteiger charge is 2.59. The molecule has 0 aliphatic carbocycles. The fourth-order valence-corrected chi connectivity index (χ4v) is 1.36. The molecule has 9 heteroatoms. The molecule has 0 rings (SSSR count). The van der Waals surface area contributed by atoms with Gasteiger partial charge in [0, 0.05) is 0 Å². The minimum absolute atomic E-state index is 0.188. The van der Waals surface area contributed by atoms with Crippen LogP contribution in [-0.2, 0) is 18.6 Å². The monoisotopic (exact) mass is 249 g/mol. The Labute approximate surface area is 84.4 Å². The number of hydrogen-bond acceptors (Lipinski definition) is 5. The number of carbonyl (C=O) groups is 1. The van der Waals surface area contributed by atoms with Crippen molar-refractivity contribution in [3.63, 3.8) is 0 Å². The summed E-state index contributed by atoms with van der Waals surface area (Å²) < 4.78 is 59.4. The van der Waals surface area contributed by atoms with Crippen LogP contribution in [0.2, 0.25) is 0 Å². The second-order valence-electron chi connectivity index (χ2n) is 2.17. The number of hydrogen-bond donors (Lipinski definition) is 0. The first kappa shape index (κ1) is 14.1. The first-order chi connectivity index (χ1) is 6.82. The Hall–Kier alpha value is -0.880. The molecule has 0 fully saturated rings. The van der Waals surface area contributed by atoms with Gasteiger partial charge in [-0.15, -0.1) is 4.52 Å². The van der Waals surface area contributed by atoms with Crippen molar-refractivity contribution in [2.45, 2.75) is 18.9 Å². The summed E-state index contributed by atoms with van der Waals surface area (Å²) in [6.07, 6.45) is -6.53. The van der Waals surface area contributed by atoms with Gasteiger partial charge in [-0.05, 0) is 11.5 Å². The lowest BCUT2D eigenvalue weighted by Gasteiger charge is -2.09. The maximum Gasteiger partial charge on any atom is 0.564 e. The SMILES string of the molecule is CCO[P+](=O)C(OC(=O)OC)C(F)(F)F. The van der Waals surface area contributed by atoms with E-state index in [9.17, 15) is 22.5 Å². The van der Waals surface area contributed by atoms with Crippen LogP contribution in [0.5, 0.6) is 0 Å². The predicted molar refractivity (Wildman–Crippen MR) is 42.6 cm³/mol. The topological polar surface area (TPSA) is 61.8 Å². The van der Waals surface area contributed by atoms with E-state index in [-0.39, 0.29) is 6.61 Å². The van der Waals surface area contributed by atoms with Crippen LogP contribution in [0.1, 0.15) is 6.92 Å². The summed E-state index contributed by atoms with van der Waals surface area (Å²) in [5, 5.41) is 0. The second kappa shape index (κ2) is 5.87. The minimum Gasteiger partial charge on any atom is -0.438 e. The molecule has 0 aliphatic heterocycles. The van der Waals surface area contributed by atoms with E-state index in [4.69, 9.17) is 0 Å². The maximum absolute atomic E-state index is 12.2. The molecule has 2 unspecified atom stereocenters. The van der Waals surface area contributed by atoms with Crippen LogP contribution >= 0.6 is 8.03 Å². The molecule has 0 aromatic rings. The quantitative estimate of drug-likeness (QED) is 0.565. The number of carbonyl (C=O) groups excluding carboxylic acids is 1. The van der Waals surface area contributed by atoms with Crippen LogP contribution in [0.15, 0.2) is 0 Å². The van der Waals surface area contributed by atoms with E-state index in [1.54, 1.807) is 0 Å². The summed E-state index contributed by atoms with van der Waals surface area (Å²) in [5.74, 6) is -2.81. The van der Waals surface area contributed by atoms with E-state index < -0.39 is 26.2 Å². The van der Waals surface area contributed by atoms with Gasteiger partial charge in [-0.25, -0.2) is 4.79 Å². The first-order valence-electron chi connectivity index (χ1n) is 3.73. The van der Waals surface area contributed by atoms with Crippen molar-refractivity contribution in [1.82, 2.24) is 0 Å². The molecular weight excluding hydrogens is 240 g/mol. The van der Waals surface area contributed by atoms with Gasteiger partial charge in [0.1, 0.15) is 0 Å². The molecule has 0 bridgehead atoms. The Morgan fingerprint density at radius 2 is 2.00 bits per heavy atom. The first-order valence-corrected chi connectivity index (χ1v) is 4.98. The van der Waals surface area contributed by atoms with Gasteiger partial charge in [0.25, 0.3) is 0 Å². The highest BCUT2D eigenvalue weighted by Crippen LogP contribution is 2.41. The van der Waals surface area contributed by atoms with E-state index in [0.29, 0.717) is 0 Å². The van der Waals surface area contributed by atoms with Crippen molar-refractivity contribution in [3.05, 3.63) is 0 Å². The summed E-state index contributed by atoms with van der Waals surface area (Å²) >= 11 is 0. The van der Waals surface area contributed by atoms with Gasteiger partial charge in [-0.1, -0.05) is 0 Å². The summed E-state index contributed by atoms with van der Waals surface area (Å²) in [5.41, 5.74) is 0. The van der Waals surface area contributed by atoms with Crippen molar-refractivity contribution >= 4 is 14.2 Å². The molecule has 2 atom stereocenters. The van der Waals surface area contributed by atoms with Gasteiger partial charge in [0.2, 0.25) is 0 Å². The summed E-state index contributed by atoms with van der Waals surface area (Å²) in [6.45, 7) is 1.17. The van der Waals surface area contributed by atoms with Crippen molar-refractivity contribution in [2.24, 2.45) is 0 Å². The minimum atomic E-state index is -4.96. The third kappa shape index (κ3) is 4.94. The van der Waals surface area contributed by atoms with Crippen LogP contribution in [0.25, 0.3) is 0 Å². The zero-order valence-electron chi connectivity index (χ0n) is 7.91. The Morgan fingerprint density at radius 1 is 1.47 bits per heavy atom. The number of halogens is 3. The van der Waals surface area contributed by atoms with E-state index in [1.165, 1.54) is 6.92 Å². The standard InChI is InChI=1S/C6H9F3O5P/c1-3-13-15(11)4(6(7,8)9)14-5(10)12-2/h4H,3H2,1-2H3/q+1. The van der Waals surface area contributed by atoms with Crippen molar-refractivity contribution in [1.29, 1.82) is 0 Å². The summed E-state index contributed by atoms with van der Waals surface area (Å²) in [6, 6.07) is 0. The normalized spacial score (nSPS) is 14.3. The average Bonchev–Trinajstić information content (AvgIpc) is 2.12. The third-order valence-corrected chi connectivity index (χ3v) is 2.40. The smallest absolute Gasteiger partial charge is 0.438 e. The molecule has 0 spiro atoms. The third-order valence-electron chi connectivity index (χ3n) is 1.10. The lowest BCUT2D eigenvalue weighted by molar-refractivity contribution is -0.182. The Bertz CT molecular complexity index is 241. The zero-order valence-corrected chi connectivity index (χ0v) is 8.80. The van der Waals surface area contributed by atoms with Crippen molar-refractivity contribution < 1.29 is 36.5 Å². The van der Waals surface area contributed by atoms with Gasteiger partial charge < -0.3 is 9.47 Å². The van der Waals surface area contributed by atoms with Crippen LogP contribution in [-0.4, -0.2) is 31.9 Å². The van der Waals surface area contributed by atoms with Gasteiger partial charge in [0.15, 0.2) is 0 Å². The predicted octanol–water partition coefficient (Wildman–Crippen LogP) is 2.44. The molecule has 0 radical (unpaired) electrons. The second-order valence-corrected chi connectivity index (χ2v) is 3.47. The molecule has 0 aromatic heterocycles. The number of rotatable bonds is 4. The molecule has 0 saturated heterocycles. The molecule has 0 heterocycles. The fourth-order valence-electron chi connectivity index (χ4n) is 0.564. The lowest BCUT2D eigenvalue weighted by atomic mass is 10.7. The molecule has 88 valence electrons. The zero-order chi connectivity index (χ0) is 12.1. The lowest BCUT2D eigenvalue weighted by Crippen LogP contribution is -2.31. The summed E-state index contributed by atoms with van der Waals surface area (Å²) in [4.78, 5) is 10.4. The number of ether oxygens (including phenoxy) is 2. The molecule has 5 nitrogen and oxygen atoms in total. The van der Waals surface area contributed by atoms with E-state index in [1.807, 2.05) is 0 Å². The largest absolute Gasteiger partial charge is 0.564 e. The Kier molecular flexibility index (Phi) is 5.53.